The second kappa shape index (κ2) is 10.0. The van der Waals surface area contributed by atoms with Gasteiger partial charge < -0.3 is 0 Å². The van der Waals surface area contributed by atoms with Gasteiger partial charge in [0.2, 0.25) is 0 Å². The average Bonchev–Trinajstić information content (AvgIpc) is 3.56. The Bertz CT molecular complexity index is 1780. The van der Waals surface area contributed by atoms with Crippen LogP contribution in [-0.2, 0) is 16.2 Å². The highest BCUT2D eigenvalue weighted by molar-refractivity contribution is 14.1. The van der Waals surface area contributed by atoms with Crippen molar-refractivity contribution in [3.8, 4) is 33.4 Å². The fraction of sp³-hybridized carbons (Fsp3) is 0.385. The molecule has 0 amide bonds. The van der Waals surface area contributed by atoms with Crippen LogP contribution in [0.1, 0.15) is 113 Å². The number of rotatable bonds is 6. The molecule has 0 aliphatic heterocycles. The maximum Gasteiger partial charge on any atom is 0.0216 e. The Morgan fingerprint density at radius 3 is 1.31 bits per heavy atom. The van der Waals surface area contributed by atoms with E-state index < -0.39 is 0 Å². The molecule has 0 atom stereocenters. The normalized spacial score (nSPS) is 17.4. The van der Waals surface area contributed by atoms with Crippen molar-refractivity contribution >= 4 is 54.5 Å². The summed E-state index contributed by atoms with van der Waals surface area (Å²) in [6, 6.07) is 21.6. The summed E-state index contributed by atoms with van der Waals surface area (Å²) in [5.41, 5.74) is 18.5. The summed E-state index contributed by atoms with van der Waals surface area (Å²) >= 11 is 10.3. The number of fused-ring (bicyclic) bond motifs is 12. The van der Waals surface area contributed by atoms with Crippen molar-refractivity contribution in [2.45, 2.75) is 96.3 Å². The second-order valence-corrected chi connectivity index (χ2v) is 15.8. The summed E-state index contributed by atoms with van der Waals surface area (Å²) in [4.78, 5) is 0. The van der Waals surface area contributed by atoms with E-state index >= 15 is 0 Å². The molecule has 4 aromatic carbocycles. The minimum Gasteiger partial charge on any atom is -0.0642 e. The molecule has 0 fully saturated rings. The Kier molecular flexibility index (Phi) is 7.00. The molecule has 42 heavy (non-hydrogen) atoms. The molecule has 0 saturated heterocycles. The molecule has 0 unspecified atom stereocenters. The van der Waals surface area contributed by atoms with E-state index in [1.54, 1.807) is 27.8 Å². The van der Waals surface area contributed by atoms with Crippen molar-refractivity contribution in [3.05, 3.63) is 100 Å². The highest BCUT2D eigenvalue weighted by Gasteiger charge is 2.56. The zero-order chi connectivity index (χ0) is 29.8. The maximum absolute atomic E-state index is 3.89. The first kappa shape index (κ1) is 29.3. The Morgan fingerprint density at radius 1 is 0.476 bits per heavy atom. The molecule has 0 radical (unpaired) electrons. The summed E-state index contributed by atoms with van der Waals surface area (Å²) in [5, 5.41) is 0. The molecule has 0 nitrogen and oxygen atoms in total. The van der Waals surface area contributed by atoms with E-state index in [0.717, 1.165) is 38.5 Å². The molecule has 0 spiro atoms. The third kappa shape index (κ3) is 3.35. The van der Waals surface area contributed by atoms with Gasteiger partial charge in [-0.25, -0.2) is 0 Å². The predicted molar refractivity (Wildman–Crippen MR) is 195 cm³/mol. The van der Waals surface area contributed by atoms with Gasteiger partial charge in [-0.15, -0.1) is 0 Å². The monoisotopic (exact) mass is 792 g/mol. The summed E-state index contributed by atoms with van der Waals surface area (Å²) < 4.78 is 3.71. The first-order chi connectivity index (χ1) is 20.2. The molecule has 0 saturated carbocycles. The number of hydrogen-bond donors (Lipinski definition) is 0. The van der Waals surface area contributed by atoms with Crippen molar-refractivity contribution in [3.63, 3.8) is 0 Å². The van der Waals surface area contributed by atoms with Crippen LogP contribution in [0.4, 0.5) is 0 Å². The van der Waals surface area contributed by atoms with E-state index in [2.05, 4.69) is 151 Å². The fourth-order valence-corrected chi connectivity index (χ4v) is 11.0. The molecule has 0 aromatic heterocycles. The second-order valence-electron chi connectivity index (χ2n) is 12.7. The first-order valence-corrected chi connectivity index (χ1v) is 18.6. The largest absolute Gasteiger partial charge is 0.0642 e. The van der Waals surface area contributed by atoms with Gasteiger partial charge in [0.1, 0.15) is 0 Å². The van der Waals surface area contributed by atoms with Gasteiger partial charge in [-0.3, -0.25) is 0 Å². The Morgan fingerprint density at radius 2 is 0.833 bits per heavy atom. The van der Waals surface area contributed by atoms with E-state index in [4.69, 9.17) is 0 Å². The lowest BCUT2D eigenvalue weighted by Gasteiger charge is -2.39. The molecule has 3 aliphatic rings. The van der Waals surface area contributed by atoms with Crippen LogP contribution in [0, 0.1) is 3.57 Å². The summed E-state index contributed by atoms with van der Waals surface area (Å²) in [5.74, 6) is 0. The Hall–Kier alpha value is -1.43. The number of hydrogen-bond acceptors (Lipinski definition) is 0. The first-order valence-electron chi connectivity index (χ1n) is 15.9. The third-order valence-corrected chi connectivity index (χ3v) is 13.5. The van der Waals surface area contributed by atoms with Crippen molar-refractivity contribution in [1.29, 1.82) is 0 Å². The lowest BCUT2D eigenvalue weighted by Crippen LogP contribution is -2.32. The molecular weight excluding hydrogens is 755 g/mol. The SMILES string of the molecule is CCC1(CC)c2cc(Br)ccc2-c2c3c(c4c(c21)-c1ccc(I)cc1C4(CC)CC)C(CC)(CC)c1cc(Br)ccc1-3. The van der Waals surface area contributed by atoms with Crippen molar-refractivity contribution < 1.29 is 0 Å². The van der Waals surface area contributed by atoms with Crippen LogP contribution in [0.5, 0.6) is 0 Å². The van der Waals surface area contributed by atoms with Crippen molar-refractivity contribution in [2.75, 3.05) is 0 Å². The van der Waals surface area contributed by atoms with Gasteiger partial charge in [-0.05, 0) is 164 Å². The minimum absolute atomic E-state index is 0.00239. The molecule has 0 N–H and O–H groups in total. The molecule has 216 valence electrons. The van der Waals surface area contributed by atoms with E-state index in [-0.39, 0.29) is 16.2 Å². The van der Waals surface area contributed by atoms with Crippen molar-refractivity contribution in [2.24, 2.45) is 0 Å². The molecular formula is C39H39Br2I. The molecule has 0 heterocycles. The number of halogens is 3. The number of benzene rings is 4. The van der Waals surface area contributed by atoms with E-state index in [0.29, 0.717) is 0 Å². The summed E-state index contributed by atoms with van der Waals surface area (Å²) in [7, 11) is 0. The highest BCUT2D eigenvalue weighted by Crippen LogP contribution is 2.70. The zero-order valence-electron chi connectivity index (χ0n) is 25.6. The van der Waals surface area contributed by atoms with Crippen LogP contribution in [0.15, 0.2) is 63.5 Å². The van der Waals surface area contributed by atoms with Gasteiger partial charge in [0.05, 0.1) is 0 Å². The van der Waals surface area contributed by atoms with Crippen LogP contribution in [-0.4, -0.2) is 0 Å². The highest BCUT2D eigenvalue weighted by atomic mass is 127. The average molecular weight is 794 g/mol. The van der Waals surface area contributed by atoms with Crippen LogP contribution in [0.25, 0.3) is 33.4 Å². The maximum atomic E-state index is 3.89. The smallest absolute Gasteiger partial charge is 0.0216 e. The van der Waals surface area contributed by atoms with Gasteiger partial charge in [0.15, 0.2) is 0 Å². The summed E-state index contributed by atoms with van der Waals surface area (Å²) in [6.07, 6.45) is 6.61. The molecule has 3 heteroatoms. The Balaban J connectivity index is 1.81. The molecule has 4 aromatic rings. The molecule has 0 bridgehead atoms. The van der Waals surface area contributed by atoms with Gasteiger partial charge in [-0.1, -0.05) is 91.6 Å². The Labute approximate surface area is 282 Å². The van der Waals surface area contributed by atoms with Gasteiger partial charge in [0, 0.05) is 28.8 Å². The predicted octanol–water partition coefficient (Wildman–Crippen LogP) is 13.1. The van der Waals surface area contributed by atoms with Crippen LogP contribution in [0.3, 0.4) is 0 Å². The molecule has 7 rings (SSSR count). The third-order valence-electron chi connectivity index (χ3n) is 11.9. The quantitative estimate of drug-likeness (QED) is 0.171. The van der Waals surface area contributed by atoms with Crippen LogP contribution in [0.2, 0.25) is 0 Å². The van der Waals surface area contributed by atoms with Crippen molar-refractivity contribution in [1.82, 2.24) is 0 Å². The van der Waals surface area contributed by atoms with Crippen LogP contribution < -0.4 is 0 Å². The lowest BCUT2D eigenvalue weighted by atomic mass is 9.63. The van der Waals surface area contributed by atoms with Crippen LogP contribution >= 0.6 is 54.5 Å². The zero-order valence-corrected chi connectivity index (χ0v) is 30.9. The topological polar surface area (TPSA) is 0 Å². The van der Waals surface area contributed by atoms with E-state index in [9.17, 15) is 0 Å². The van der Waals surface area contributed by atoms with Gasteiger partial charge >= 0.3 is 0 Å². The van der Waals surface area contributed by atoms with E-state index in [1.807, 2.05) is 0 Å². The minimum atomic E-state index is -0.0232. The van der Waals surface area contributed by atoms with Gasteiger partial charge in [-0.2, -0.15) is 0 Å². The standard InChI is InChI=1S/C39H39Br2I/c1-7-37(8-2)28-19-22(40)13-16-25(28)31-32-26-17-14-23(41)20-29(26)38(9-3,10-4)35(32)36-33(34(31)37)27-18-15-24(42)21-30(27)39(36,11-5)12-6/h13-21H,7-12H2,1-6H3. The lowest BCUT2D eigenvalue weighted by molar-refractivity contribution is 0.445. The molecule has 3 aliphatic carbocycles. The van der Waals surface area contributed by atoms with Gasteiger partial charge in [0.25, 0.3) is 0 Å². The summed E-state index contributed by atoms with van der Waals surface area (Å²) in [6.45, 7) is 14.6. The van der Waals surface area contributed by atoms with E-state index in [1.165, 1.54) is 51.5 Å². The fourth-order valence-electron chi connectivity index (χ4n) is 9.74.